The molecule has 2 aromatic rings. The summed E-state index contributed by atoms with van der Waals surface area (Å²) in [6, 6.07) is 6.55. The summed E-state index contributed by atoms with van der Waals surface area (Å²) in [5.74, 6) is -1.74. The molecule has 7 rings (SSSR count). The van der Waals surface area contributed by atoms with Crippen LogP contribution in [0.4, 0.5) is 11.4 Å². The Balaban J connectivity index is 1.15. The van der Waals surface area contributed by atoms with Crippen molar-refractivity contribution < 1.29 is 49.7 Å². The van der Waals surface area contributed by atoms with Gasteiger partial charge in [-0.2, -0.15) is 21.4 Å². The van der Waals surface area contributed by atoms with Crippen molar-refractivity contribution in [1.29, 1.82) is 0 Å². The van der Waals surface area contributed by atoms with Crippen molar-refractivity contribution >= 4 is 55.1 Å². The lowest BCUT2D eigenvalue weighted by Gasteiger charge is -2.32. The largest absolute Gasteiger partial charge is 0.344 e. The van der Waals surface area contributed by atoms with Gasteiger partial charge >= 0.3 is 5.97 Å². The van der Waals surface area contributed by atoms with E-state index in [1.807, 2.05) is 51.2 Å². The molecule has 2 N–H and O–H groups in total. The summed E-state index contributed by atoms with van der Waals surface area (Å²) in [6.07, 6.45) is 15.1. The van der Waals surface area contributed by atoms with E-state index >= 15 is 0 Å². The van der Waals surface area contributed by atoms with E-state index in [0.29, 0.717) is 48.4 Å². The van der Waals surface area contributed by atoms with E-state index in [1.54, 1.807) is 12.1 Å². The first-order chi connectivity index (χ1) is 25.9. The van der Waals surface area contributed by atoms with Gasteiger partial charge in [0.2, 0.25) is 5.69 Å². The third-order valence-electron chi connectivity index (χ3n) is 11.6. The molecule has 0 aromatic heterocycles. The zero-order valence-electron chi connectivity index (χ0n) is 31.2. The van der Waals surface area contributed by atoms with Crippen molar-refractivity contribution in [2.45, 2.75) is 112 Å². The molecule has 2 aromatic carbocycles. The van der Waals surface area contributed by atoms with Crippen LogP contribution in [0.15, 0.2) is 70.1 Å². The molecule has 0 spiro atoms. The standard InChI is InChI=1S/C40H45N3O10S2/c1-39(2)30(41-24-10-12-26-17-19-28(54(47,48)49)35(39)37(26)41)14-6-4-7-15-31-40(3,23-9-5-8-16-34(46)53-43-32(44)21-22-33(43)45)36-29(55(50,51)52)20-18-27-13-11-25-42(31)38(27)36/h4,6-7,14-15,17-20H,5,8-13,16,21-25H2,1-3H3,(H-,47,48,49,50,51,52)/p+1. The van der Waals surface area contributed by atoms with Crippen LogP contribution in [-0.2, 0) is 63.1 Å². The molecule has 0 bridgehead atoms. The van der Waals surface area contributed by atoms with E-state index < -0.39 is 48.8 Å². The number of hydroxylamine groups is 2. The monoisotopic (exact) mass is 792 g/mol. The molecule has 1 fully saturated rings. The van der Waals surface area contributed by atoms with E-state index in [0.717, 1.165) is 66.1 Å². The number of allylic oxidation sites excluding steroid dienone is 6. The highest BCUT2D eigenvalue weighted by atomic mass is 32.2. The van der Waals surface area contributed by atoms with E-state index in [2.05, 4.69) is 9.48 Å². The number of nitrogens with zero attached hydrogens (tertiary/aromatic N) is 3. The minimum atomic E-state index is -4.57. The highest BCUT2D eigenvalue weighted by molar-refractivity contribution is 7.86. The molecule has 5 aliphatic heterocycles. The van der Waals surface area contributed by atoms with Gasteiger partial charge < -0.3 is 9.74 Å². The van der Waals surface area contributed by atoms with Crippen molar-refractivity contribution in [2.24, 2.45) is 0 Å². The van der Waals surface area contributed by atoms with E-state index in [1.165, 1.54) is 12.1 Å². The van der Waals surface area contributed by atoms with Crippen molar-refractivity contribution in [3.63, 3.8) is 0 Å². The van der Waals surface area contributed by atoms with Gasteiger partial charge in [-0.25, -0.2) is 4.79 Å². The molecule has 15 heteroatoms. The lowest BCUT2D eigenvalue weighted by molar-refractivity contribution is -0.443. The smallest absolute Gasteiger partial charge is 0.333 e. The Hall–Kier alpha value is -4.44. The maximum atomic E-state index is 12.8. The number of unbranched alkanes of at least 4 members (excludes halogenated alkanes) is 2. The van der Waals surface area contributed by atoms with E-state index in [9.17, 15) is 40.3 Å². The summed E-state index contributed by atoms with van der Waals surface area (Å²) >= 11 is 0. The molecule has 5 heterocycles. The summed E-state index contributed by atoms with van der Waals surface area (Å²) in [5.41, 5.74) is 5.14. The molecular formula is C40H46N3O10S2+. The first kappa shape index (κ1) is 38.8. The third kappa shape index (κ3) is 6.89. The minimum Gasteiger partial charge on any atom is -0.344 e. The SMILES string of the molecule is CC1(C)C(C=CC=CC=C2N3CCCc4ccc(S(=O)(=O)O)c(c43)C2(C)CCCCCC(=O)ON2C(=O)CCC2=O)=[N+]2CCCc3ccc(S(=O)(=O)O)c1c32. The molecule has 0 aliphatic carbocycles. The summed E-state index contributed by atoms with van der Waals surface area (Å²) in [6.45, 7) is 7.29. The van der Waals surface area contributed by atoms with Gasteiger partial charge in [0, 0.05) is 66.2 Å². The third-order valence-corrected chi connectivity index (χ3v) is 13.4. The number of aryl methyl sites for hydroxylation is 2. The number of hydrogen-bond donors (Lipinski definition) is 2. The summed E-state index contributed by atoms with van der Waals surface area (Å²) in [7, 11) is -9.02. The molecule has 0 saturated carbocycles. The topological polar surface area (TPSA) is 179 Å². The molecule has 55 heavy (non-hydrogen) atoms. The van der Waals surface area contributed by atoms with Crippen LogP contribution in [0.2, 0.25) is 0 Å². The van der Waals surface area contributed by atoms with Gasteiger partial charge in [0.25, 0.3) is 32.1 Å². The second-order valence-corrected chi connectivity index (χ2v) is 18.4. The second kappa shape index (κ2) is 14.3. The number of anilines is 1. The Labute approximate surface area is 321 Å². The van der Waals surface area contributed by atoms with Gasteiger partial charge in [-0.1, -0.05) is 43.2 Å². The van der Waals surface area contributed by atoms with Crippen LogP contribution in [0, 0.1) is 0 Å². The number of carbonyl (C=O) groups is 3. The van der Waals surface area contributed by atoms with Gasteiger partial charge in [-0.05, 0) is 76.6 Å². The van der Waals surface area contributed by atoms with Gasteiger partial charge in [0.15, 0.2) is 5.71 Å². The fourth-order valence-corrected chi connectivity index (χ4v) is 10.9. The molecule has 2 amide bonds. The van der Waals surface area contributed by atoms with E-state index in [4.69, 9.17) is 4.84 Å². The van der Waals surface area contributed by atoms with Crippen LogP contribution in [0.1, 0.15) is 101 Å². The summed E-state index contributed by atoms with van der Waals surface area (Å²) in [5, 5.41) is 0.540. The van der Waals surface area contributed by atoms with Crippen molar-refractivity contribution in [3.05, 3.63) is 82.6 Å². The number of rotatable bonds is 12. The van der Waals surface area contributed by atoms with Gasteiger partial charge in [-0.15, -0.1) is 5.06 Å². The fraction of sp³-hybridized carbons (Fsp3) is 0.450. The minimum absolute atomic E-state index is 0.00539. The zero-order valence-corrected chi connectivity index (χ0v) is 32.8. The van der Waals surface area contributed by atoms with Crippen LogP contribution in [0.25, 0.3) is 0 Å². The molecule has 1 unspecified atom stereocenters. The Morgan fingerprint density at radius 1 is 0.836 bits per heavy atom. The molecule has 0 radical (unpaired) electrons. The highest BCUT2D eigenvalue weighted by Gasteiger charge is 2.50. The number of benzene rings is 2. The predicted octanol–water partition coefficient (Wildman–Crippen LogP) is 5.78. The number of imide groups is 1. The lowest BCUT2D eigenvalue weighted by Crippen LogP contribution is -2.32. The first-order valence-electron chi connectivity index (χ1n) is 18.8. The highest BCUT2D eigenvalue weighted by Crippen LogP contribution is 2.56. The Morgan fingerprint density at radius 2 is 1.49 bits per heavy atom. The first-order valence-corrected chi connectivity index (χ1v) is 21.6. The Morgan fingerprint density at radius 3 is 2.18 bits per heavy atom. The maximum absolute atomic E-state index is 12.8. The van der Waals surface area contributed by atoms with Gasteiger partial charge in [0.05, 0.1) is 11.0 Å². The quantitative estimate of drug-likeness (QED) is 0.0875. The van der Waals surface area contributed by atoms with Crippen molar-refractivity contribution in [3.8, 4) is 0 Å². The fourth-order valence-electron chi connectivity index (χ4n) is 9.18. The molecule has 1 saturated heterocycles. The lowest BCUT2D eigenvalue weighted by atomic mass is 9.76. The Kier molecular flexibility index (Phi) is 10.1. The van der Waals surface area contributed by atoms with Gasteiger partial charge in [0.1, 0.15) is 16.3 Å². The van der Waals surface area contributed by atoms with Crippen molar-refractivity contribution in [2.75, 3.05) is 18.0 Å². The summed E-state index contributed by atoms with van der Waals surface area (Å²) in [4.78, 5) is 43.0. The predicted molar refractivity (Wildman–Crippen MR) is 203 cm³/mol. The van der Waals surface area contributed by atoms with Crippen LogP contribution >= 0.6 is 0 Å². The number of hydrogen-bond acceptors (Lipinski definition) is 9. The van der Waals surface area contributed by atoms with Crippen molar-refractivity contribution in [1.82, 2.24) is 5.06 Å². The van der Waals surface area contributed by atoms with Crippen LogP contribution < -0.4 is 4.90 Å². The second-order valence-electron chi connectivity index (χ2n) is 15.6. The maximum Gasteiger partial charge on any atom is 0.333 e. The normalized spacial score (nSPS) is 22.5. The Bertz CT molecular complexity index is 2340. The molecule has 13 nitrogen and oxygen atoms in total. The van der Waals surface area contributed by atoms with Crippen LogP contribution in [0.5, 0.6) is 0 Å². The average molecular weight is 793 g/mol. The molecule has 1 atom stereocenters. The molecular weight excluding hydrogens is 747 g/mol. The van der Waals surface area contributed by atoms with Crippen LogP contribution in [-0.4, -0.2) is 72.2 Å². The van der Waals surface area contributed by atoms with E-state index in [-0.39, 0.29) is 29.1 Å². The number of amides is 2. The average Bonchev–Trinajstić information content (AvgIpc) is 3.65. The molecule has 292 valence electrons. The number of carbonyl (C=O) groups excluding carboxylic acids is 3. The zero-order chi connectivity index (χ0) is 39.5. The van der Waals surface area contributed by atoms with Crippen LogP contribution in [0.3, 0.4) is 0 Å². The summed E-state index contributed by atoms with van der Waals surface area (Å²) < 4.78 is 73.1. The molecule has 5 aliphatic rings. The van der Waals surface area contributed by atoms with Gasteiger partial charge in [-0.3, -0.25) is 18.7 Å².